The highest BCUT2D eigenvalue weighted by atomic mass is 16.5. The molecule has 1 fully saturated rings. The second-order valence-electron chi connectivity index (χ2n) is 4.27. The van der Waals surface area contributed by atoms with E-state index in [1.165, 1.54) is 0 Å². The summed E-state index contributed by atoms with van der Waals surface area (Å²) < 4.78 is 5.52. The van der Waals surface area contributed by atoms with Crippen LogP contribution in [0.25, 0.3) is 0 Å². The zero-order valence-electron chi connectivity index (χ0n) is 10.3. The van der Waals surface area contributed by atoms with Crippen molar-refractivity contribution in [2.45, 2.75) is 32.2 Å². The van der Waals surface area contributed by atoms with Crippen LogP contribution in [-0.2, 0) is 0 Å². The summed E-state index contributed by atoms with van der Waals surface area (Å²) in [4.78, 5) is 10.9. The van der Waals surface area contributed by atoms with Crippen molar-refractivity contribution in [1.82, 2.24) is 9.97 Å². The van der Waals surface area contributed by atoms with Crippen LogP contribution in [-0.4, -0.2) is 35.7 Å². The van der Waals surface area contributed by atoms with E-state index in [1.807, 2.05) is 0 Å². The number of nitrogens with zero attached hydrogens (tertiary/aromatic N) is 3. The molecule has 0 amide bonds. The summed E-state index contributed by atoms with van der Waals surface area (Å²) in [6, 6.07) is 2.17. The number of ether oxygens (including phenoxy) is 1. The number of hydrogen-bond donors (Lipinski definition) is 1. The highest BCUT2D eigenvalue weighted by molar-refractivity contribution is 5.35. The van der Waals surface area contributed by atoms with Crippen LogP contribution in [0.1, 0.15) is 26.2 Å². The fourth-order valence-corrected chi connectivity index (χ4v) is 2.10. The van der Waals surface area contributed by atoms with Crippen LogP contribution in [0.15, 0.2) is 12.3 Å². The predicted molar refractivity (Wildman–Crippen MR) is 67.2 cm³/mol. The van der Waals surface area contributed by atoms with Gasteiger partial charge in [0, 0.05) is 31.4 Å². The average molecular weight is 236 g/mol. The van der Waals surface area contributed by atoms with Gasteiger partial charge in [-0.2, -0.15) is 4.98 Å². The Morgan fingerprint density at radius 2 is 2.47 bits per heavy atom. The Balaban J connectivity index is 2.09. The minimum absolute atomic E-state index is 0.372. The summed E-state index contributed by atoms with van der Waals surface area (Å²) in [5.41, 5.74) is 5.75. The van der Waals surface area contributed by atoms with Gasteiger partial charge >= 0.3 is 0 Å². The second kappa shape index (κ2) is 5.82. The van der Waals surface area contributed by atoms with E-state index in [2.05, 4.69) is 21.8 Å². The summed E-state index contributed by atoms with van der Waals surface area (Å²) in [6.45, 7) is 4.41. The molecule has 94 valence electrons. The van der Waals surface area contributed by atoms with E-state index in [0.29, 0.717) is 25.1 Å². The van der Waals surface area contributed by atoms with Gasteiger partial charge in [0.05, 0.1) is 6.61 Å². The highest BCUT2D eigenvalue weighted by Gasteiger charge is 2.25. The van der Waals surface area contributed by atoms with Crippen molar-refractivity contribution in [3.05, 3.63) is 12.3 Å². The normalized spacial score (nSPS) is 19.6. The van der Waals surface area contributed by atoms with E-state index in [1.54, 1.807) is 12.3 Å². The number of aromatic nitrogens is 2. The third-order valence-corrected chi connectivity index (χ3v) is 2.98. The fraction of sp³-hybridized carbons (Fsp3) is 0.667. The van der Waals surface area contributed by atoms with Crippen molar-refractivity contribution in [2.75, 3.05) is 24.6 Å². The Hall–Kier alpha value is -1.36. The molecule has 1 aromatic heterocycles. The third kappa shape index (κ3) is 2.85. The minimum atomic E-state index is 0.372. The summed E-state index contributed by atoms with van der Waals surface area (Å²) >= 11 is 0. The molecule has 1 aromatic rings. The molecule has 1 unspecified atom stereocenters. The Labute approximate surface area is 102 Å². The Morgan fingerprint density at radius 3 is 3.24 bits per heavy atom. The Kier molecular flexibility index (Phi) is 4.14. The number of anilines is 1. The summed E-state index contributed by atoms with van der Waals surface area (Å²) in [7, 11) is 0. The van der Waals surface area contributed by atoms with E-state index >= 15 is 0 Å². The van der Waals surface area contributed by atoms with Crippen LogP contribution in [0.5, 0.6) is 5.88 Å². The summed E-state index contributed by atoms with van der Waals surface area (Å²) in [5.74, 6) is 1.39. The van der Waals surface area contributed by atoms with Crippen molar-refractivity contribution in [2.24, 2.45) is 5.73 Å². The summed E-state index contributed by atoms with van der Waals surface area (Å²) in [6.07, 6.45) is 5.01. The van der Waals surface area contributed by atoms with Crippen molar-refractivity contribution in [1.29, 1.82) is 0 Å². The molecule has 2 heterocycles. The SMILES string of the molecule is CCCOc1ccnc(N2CCCC2CN)n1. The van der Waals surface area contributed by atoms with Gasteiger partial charge in [0.25, 0.3) is 0 Å². The fourth-order valence-electron chi connectivity index (χ4n) is 2.10. The van der Waals surface area contributed by atoms with E-state index in [4.69, 9.17) is 10.5 Å². The molecule has 2 N–H and O–H groups in total. The molecule has 1 atom stereocenters. The lowest BCUT2D eigenvalue weighted by molar-refractivity contribution is 0.304. The van der Waals surface area contributed by atoms with Crippen molar-refractivity contribution >= 4 is 5.95 Å². The third-order valence-electron chi connectivity index (χ3n) is 2.98. The van der Waals surface area contributed by atoms with E-state index < -0.39 is 0 Å². The zero-order valence-corrected chi connectivity index (χ0v) is 10.3. The average Bonchev–Trinajstić information content (AvgIpc) is 2.85. The van der Waals surface area contributed by atoms with Crippen LogP contribution < -0.4 is 15.4 Å². The molecular weight excluding hydrogens is 216 g/mol. The largest absolute Gasteiger partial charge is 0.478 e. The van der Waals surface area contributed by atoms with Crippen LogP contribution >= 0.6 is 0 Å². The lowest BCUT2D eigenvalue weighted by Gasteiger charge is -2.23. The van der Waals surface area contributed by atoms with Gasteiger partial charge in [-0.15, -0.1) is 0 Å². The highest BCUT2D eigenvalue weighted by Crippen LogP contribution is 2.22. The molecule has 0 saturated carbocycles. The molecule has 2 rings (SSSR count). The van der Waals surface area contributed by atoms with Crippen LogP contribution in [0.4, 0.5) is 5.95 Å². The first-order valence-electron chi connectivity index (χ1n) is 6.27. The second-order valence-corrected chi connectivity index (χ2v) is 4.27. The first-order valence-corrected chi connectivity index (χ1v) is 6.27. The maximum atomic E-state index is 5.75. The molecule has 0 bridgehead atoms. The predicted octanol–water partition coefficient (Wildman–Crippen LogP) is 1.19. The van der Waals surface area contributed by atoms with Gasteiger partial charge in [-0.05, 0) is 19.3 Å². The lowest BCUT2D eigenvalue weighted by Crippen LogP contribution is -2.36. The molecular formula is C12H20N4O. The number of nitrogens with two attached hydrogens (primary N) is 1. The number of hydrogen-bond acceptors (Lipinski definition) is 5. The Bertz CT molecular complexity index is 358. The van der Waals surface area contributed by atoms with E-state index in [-0.39, 0.29) is 0 Å². The maximum absolute atomic E-state index is 5.75. The van der Waals surface area contributed by atoms with Crippen LogP contribution in [0.3, 0.4) is 0 Å². The minimum Gasteiger partial charge on any atom is -0.478 e. The van der Waals surface area contributed by atoms with E-state index in [0.717, 1.165) is 31.8 Å². The van der Waals surface area contributed by atoms with Crippen molar-refractivity contribution < 1.29 is 4.74 Å². The molecule has 0 spiro atoms. The topological polar surface area (TPSA) is 64.3 Å². The monoisotopic (exact) mass is 236 g/mol. The van der Waals surface area contributed by atoms with Crippen LogP contribution in [0.2, 0.25) is 0 Å². The maximum Gasteiger partial charge on any atom is 0.228 e. The van der Waals surface area contributed by atoms with Gasteiger partial charge in [-0.1, -0.05) is 6.92 Å². The molecule has 5 nitrogen and oxygen atoms in total. The van der Waals surface area contributed by atoms with Gasteiger partial charge < -0.3 is 15.4 Å². The molecule has 0 aromatic carbocycles. The van der Waals surface area contributed by atoms with Crippen LogP contribution in [0, 0.1) is 0 Å². The molecule has 0 aliphatic carbocycles. The molecule has 0 radical (unpaired) electrons. The van der Waals surface area contributed by atoms with Crippen molar-refractivity contribution in [3.8, 4) is 5.88 Å². The first kappa shape index (κ1) is 12.1. The Morgan fingerprint density at radius 1 is 1.59 bits per heavy atom. The smallest absolute Gasteiger partial charge is 0.228 e. The van der Waals surface area contributed by atoms with E-state index in [9.17, 15) is 0 Å². The summed E-state index contributed by atoms with van der Waals surface area (Å²) in [5, 5.41) is 0. The molecule has 17 heavy (non-hydrogen) atoms. The standard InChI is InChI=1S/C12H20N4O/c1-2-8-17-11-5-6-14-12(15-11)16-7-3-4-10(16)9-13/h5-6,10H,2-4,7-9,13H2,1H3. The first-order chi connectivity index (χ1) is 8.35. The van der Waals surface area contributed by atoms with Gasteiger partial charge in [-0.3, -0.25) is 0 Å². The van der Waals surface area contributed by atoms with Gasteiger partial charge in [-0.25, -0.2) is 4.98 Å². The number of rotatable bonds is 5. The quantitative estimate of drug-likeness (QED) is 0.832. The van der Waals surface area contributed by atoms with Gasteiger partial charge in [0.2, 0.25) is 11.8 Å². The lowest BCUT2D eigenvalue weighted by atomic mass is 10.2. The van der Waals surface area contributed by atoms with Gasteiger partial charge in [0.1, 0.15) is 0 Å². The molecule has 5 heteroatoms. The molecule has 1 saturated heterocycles. The zero-order chi connectivity index (χ0) is 12.1. The van der Waals surface area contributed by atoms with Gasteiger partial charge in [0.15, 0.2) is 0 Å². The molecule has 1 aliphatic rings. The van der Waals surface area contributed by atoms with Crippen molar-refractivity contribution in [3.63, 3.8) is 0 Å². The molecule has 1 aliphatic heterocycles.